The van der Waals surface area contributed by atoms with Crippen LogP contribution in [-0.2, 0) is 18.4 Å². The summed E-state index contributed by atoms with van der Waals surface area (Å²) in [5.74, 6) is -0.0964. The van der Waals surface area contributed by atoms with Crippen molar-refractivity contribution in [2.45, 2.75) is 19.5 Å². The van der Waals surface area contributed by atoms with Crippen molar-refractivity contribution in [2.24, 2.45) is 7.05 Å². The molecule has 0 aliphatic heterocycles. The number of para-hydroxylation sites is 1. The Morgan fingerprint density at radius 2 is 1.90 bits per heavy atom. The summed E-state index contributed by atoms with van der Waals surface area (Å²) in [6.07, 6.45) is 3.41. The van der Waals surface area contributed by atoms with Crippen molar-refractivity contribution in [1.29, 1.82) is 0 Å². The van der Waals surface area contributed by atoms with Crippen LogP contribution in [-0.4, -0.2) is 20.0 Å². The molecular weight excluding hydrogens is 383 g/mol. The van der Waals surface area contributed by atoms with Gasteiger partial charge in [-0.2, -0.15) is 0 Å². The summed E-state index contributed by atoms with van der Waals surface area (Å²) in [4.78, 5) is 29.9. The van der Waals surface area contributed by atoms with Gasteiger partial charge in [0.05, 0.1) is 5.52 Å². The molecule has 0 spiro atoms. The Labute approximate surface area is 172 Å². The predicted molar refractivity (Wildman–Crippen MR) is 113 cm³/mol. The molecule has 2 aromatic carbocycles. The molecule has 0 radical (unpaired) electrons. The molecule has 1 amide bonds. The van der Waals surface area contributed by atoms with Crippen LogP contribution in [0.2, 0.25) is 0 Å². The van der Waals surface area contributed by atoms with E-state index in [0.717, 1.165) is 10.9 Å². The quantitative estimate of drug-likeness (QED) is 0.556. The van der Waals surface area contributed by atoms with Gasteiger partial charge in [-0.05, 0) is 36.2 Å². The van der Waals surface area contributed by atoms with Gasteiger partial charge >= 0.3 is 0 Å². The highest BCUT2D eigenvalue weighted by Crippen LogP contribution is 2.21. The van der Waals surface area contributed by atoms with Gasteiger partial charge < -0.3 is 9.88 Å². The van der Waals surface area contributed by atoms with Crippen LogP contribution in [0.15, 0.2) is 71.8 Å². The van der Waals surface area contributed by atoms with Gasteiger partial charge in [0.15, 0.2) is 0 Å². The molecule has 2 heterocycles. The first-order valence-electron chi connectivity index (χ1n) is 9.55. The second kappa shape index (κ2) is 7.94. The molecule has 1 atom stereocenters. The maximum Gasteiger partial charge on any atom is 0.251 e. The number of amides is 1. The Morgan fingerprint density at radius 3 is 2.60 bits per heavy atom. The lowest BCUT2D eigenvalue weighted by molar-refractivity contribution is -0.122. The second-order valence-corrected chi connectivity index (χ2v) is 7.22. The maximum absolute atomic E-state index is 13.4. The molecule has 0 saturated heterocycles. The van der Waals surface area contributed by atoms with Crippen LogP contribution in [0.3, 0.4) is 0 Å². The van der Waals surface area contributed by atoms with Crippen molar-refractivity contribution in [3.05, 3.63) is 100 Å². The summed E-state index contributed by atoms with van der Waals surface area (Å²) in [5, 5.41) is 3.87. The first-order valence-corrected chi connectivity index (χ1v) is 9.55. The minimum absolute atomic E-state index is 0.137. The van der Waals surface area contributed by atoms with Crippen LogP contribution in [0.4, 0.5) is 4.39 Å². The molecular formula is C23H21FN4O2. The number of hydrogen-bond acceptors (Lipinski definition) is 3. The molecule has 0 bridgehead atoms. The highest BCUT2D eigenvalue weighted by molar-refractivity contribution is 5.84. The van der Waals surface area contributed by atoms with E-state index in [1.54, 1.807) is 29.1 Å². The predicted octanol–water partition coefficient (Wildman–Crippen LogP) is 3.09. The van der Waals surface area contributed by atoms with Crippen molar-refractivity contribution in [3.8, 4) is 0 Å². The summed E-state index contributed by atoms with van der Waals surface area (Å²) in [5.41, 5.74) is 2.02. The Morgan fingerprint density at radius 1 is 1.17 bits per heavy atom. The van der Waals surface area contributed by atoms with Crippen molar-refractivity contribution in [1.82, 2.24) is 19.4 Å². The normalized spacial score (nSPS) is 12.1. The molecule has 4 aromatic rings. The number of aryl methyl sites for hydroxylation is 2. The Kier molecular flexibility index (Phi) is 5.18. The minimum atomic E-state index is -0.578. The lowest BCUT2D eigenvalue weighted by Crippen LogP contribution is -2.36. The van der Waals surface area contributed by atoms with E-state index in [2.05, 4.69) is 10.3 Å². The van der Waals surface area contributed by atoms with E-state index < -0.39 is 6.04 Å². The van der Waals surface area contributed by atoms with Gasteiger partial charge in [-0.3, -0.25) is 14.2 Å². The molecule has 0 fully saturated rings. The van der Waals surface area contributed by atoms with E-state index in [1.807, 2.05) is 38.2 Å². The fourth-order valence-electron chi connectivity index (χ4n) is 3.62. The number of nitrogens with one attached hydrogen (secondary N) is 1. The van der Waals surface area contributed by atoms with Crippen molar-refractivity contribution >= 4 is 16.8 Å². The number of hydrogen-bond donors (Lipinski definition) is 1. The third-order valence-corrected chi connectivity index (χ3v) is 5.15. The van der Waals surface area contributed by atoms with Crippen LogP contribution in [0.5, 0.6) is 0 Å². The van der Waals surface area contributed by atoms with Crippen molar-refractivity contribution in [3.63, 3.8) is 0 Å². The first kappa shape index (κ1) is 19.6. The number of carbonyl (C=O) groups is 1. The maximum atomic E-state index is 13.4. The number of halogens is 1. The van der Waals surface area contributed by atoms with Crippen LogP contribution in [0.25, 0.3) is 10.9 Å². The zero-order valence-electron chi connectivity index (χ0n) is 16.7. The lowest BCUT2D eigenvalue weighted by atomic mass is 10.1. The Bertz CT molecular complexity index is 1270. The summed E-state index contributed by atoms with van der Waals surface area (Å²) >= 11 is 0. The molecule has 0 aliphatic carbocycles. The summed E-state index contributed by atoms with van der Waals surface area (Å²) in [7, 11) is 1.82. The van der Waals surface area contributed by atoms with E-state index in [0.29, 0.717) is 16.9 Å². The molecule has 6 nitrogen and oxygen atoms in total. The topological polar surface area (TPSA) is 68.9 Å². The highest BCUT2D eigenvalue weighted by atomic mass is 19.1. The number of benzene rings is 2. The minimum Gasteiger partial charge on any atom is -0.341 e. The van der Waals surface area contributed by atoms with Gasteiger partial charge in [-0.25, -0.2) is 9.37 Å². The smallest absolute Gasteiger partial charge is 0.251 e. The standard InChI is InChI=1S/C23H21FN4O2/c1-15-13-21(30)28(19-6-4-3-5-18(15)19)14-20(29)26-22(23-25-11-12-27(23)2)16-7-9-17(24)10-8-16/h3-13,22H,14H2,1-2H3,(H,26,29). The Hall–Kier alpha value is -3.74. The summed E-state index contributed by atoms with van der Waals surface area (Å²) in [6.45, 7) is 1.74. The molecule has 2 aromatic heterocycles. The fourth-order valence-corrected chi connectivity index (χ4v) is 3.62. The molecule has 0 saturated carbocycles. The SMILES string of the molecule is Cc1cc(=O)n(CC(=O)NC(c2ccc(F)cc2)c2nccn2C)c2ccccc12. The molecule has 0 aliphatic rings. The van der Waals surface area contributed by atoms with E-state index in [1.165, 1.54) is 22.8 Å². The highest BCUT2D eigenvalue weighted by Gasteiger charge is 2.21. The van der Waals surface area contributed by atoms with Crippen LogP contribution in [0, 0.1) is 12.7 Å². The van der Waals surface area contributed by atoms with E-state index in [-0.39, 0.29) is 23.8 Å². The van der Waals surface area contributed by atoms with Crippen LogP contribution in [0.1, 0.15) is 23.0 Å². The van der Waals surface area contributed by atoms with Gasteiger partial charge in [0.2, 0.25) is 5.91 Å². The molecule has 30 heavy (non-hydrogen) atoms. The zero-order valence-corrected chi connectivity index (χ0v) is 16.7. The van der Waals surface area contributed by atoms with Gasteiger partial charge in [0.25, 0.3) is 5.56 Å². The number of nitrogens with zero attached hydrogens (tertiary/aromatic N) is 3. The van der Waals surface area contributed by atoms with E-state index in [9.17, 15) is 14.0 Å². The number of pyridine rings is 1. The average molecular weight is 404 g/mol. The van der Waals surface area contributed by atoms with Crippen molar-refractivity contribution < 1.29 is 9.18 Å². The first-order chi connectivity index (χ1) is 14.4. The number of carbonyl (C=O) groups excluding carboxylic acids is 1. The number of rotatable bonds is 5. The fraction of sp³-hybridized carbons (Fsp3) is 0.174. The zero-order chi connectivity index (χ0) is 21.3. The molecule has 7 heteroatoms. The Balaban J connectivity index is 1.68. The van der Waals surface area contributed by atoms with Crippen molar-refractivity contribution in [2.75, 3.05) is 0 Å². The summed E-state index contributed by atoms with van der Waals surface area (Å²) < 4.78 is 16.7. The van der Waals surface area contributed by atoms with Gasteiger partial charge in [0.1, 0.15) is 24.2 Å². The van der Waals surface area contributed by atoms with Crippen LogP contribution >= 0.6 is 0 Å². The molecule has 1 N–H and O–H groups in total. The van der Waals surface area contributed by atoms with Gasteiger partial charge in [-0.15, -0.1) is 0 Å². The third-order valence-electron chi connectivity index (χ3n) is 5.15. The average Bonchev–Trinajstić information content (AvgIpc) is 3.16. The molecule has 1 unspecified atom stereocenters. The lowest BCUT2D eigenvalue weighted by Gasteiger charge is -2.20. The van der Waals surface area contributed by atoms with E-state index in [4.69, 9.17) is 0 Å². The number of imidazole rings is 1. The summed E-state index contributed by atoms with van der Waals surface area (Å²) in [6, 6.07) is 14.4. The monoisotopic (exact) mass is 404 g/mol. The second-order valence-electron chi connectivity index (χ2n) is 7.22. The van der Waals surface area contributed by atoms with Gasteiger partial charge in [-0.1, -0.05) is 30.3 Å². The van der Waals surface area contributed by atoms with E-state index >= 15 is 0 Å². The molecule has 152 valence electrons. The van der Waals surface area contributed by atoms with Gasteiger partial charge in [0, 0.05) is 30.9 Å². The number of aromatic nitrogens is 3. The third kappa shape index (κ3) is 3.74. The number of fused-ring (bicyclic) bond motifs is 1. The molecule has 4 rings (SSSR count). The van der Waals surface area contributed by atoms with Crippen LogP contribution < -0.4 is 10.9 Å². The largest absolute Gasteiger partial charge is 0.341 e.